The molecule has 0 radical (unpaired) electrons. The molecule has 0 unspecified atom stereocenters. The topological polar surface area (TPSA) is 49.4 Å². The van der Waals surface area contributed by atoms with Crippen molar-refractivity contribution < 1.29 is 9.59 Å². The van der Waals surface area contributed by atoms with Crippen LogP contribution >= 0.6 is 0 Å². The lowest BCUT2D eigenvalue weighted by Crippen LogP contribution is -2.36. The molecule has 28 heavy (non-hydrogen) atoms. The average molecular weight is 370 g/mol. The molecule has 2 amide bonds. The molecule has 1 heterocycles. The van der Waals surface area contributed by atoms with Gasteiger partial charge in [0.2, 0.25) is 0 Å². The summed E-state index contributed by atoms with van der Waals surface area (Å²) in [6.07, 6.45) is 0.857. The molecule has 0 bridgehead atoms. The van der Waals surface area contributed by atoms with E-state index < -0.39 is 0 Å². The van der Waals surface area contributed by atoms with Gasteiger partial charge in [0.25, 0.3) is 11.8 Å². The number of amides is 2. The summed E-state index contributed by atoms with van der Waals surface area (Å²) >= 11 is 0. The fourth-order valence-electron chi connectivity index (χ4n) is 3.49. The van der Waals surface area contributed by atoms with Gasteiger partial charge >= 0.3 is 0 Å². The minimum atomic E-state index is -0.220. The van der Waals surface area contributed by atoms with Gasteiger partial charge in [0.1, 0.15) is 0 Å². The lowest BCUT2D eigenvalue weighted by molar-refractivity contribution is 0.0734. The van der Waals surface area contributed by atoms with Gasteiger partial charge < -0.3 is 10.2 Å². The predicted molar refractivity (Wildman–Crippen MR) is 110 cm³/mol. The van der Waals surface area contributed by atoms with Crippen molar-refractivity contribution in [1.29, 1.82) is 0 Å². The summed E-state index contributed by atoms with van der Waals surface area (Å²) in [5, 5.41) is 2.88. The van der Waals surface area contributed by atoms with Crippen LogP contribution in [-0.2, 0) is 13.0 Å². The zero-order valence-electron chi connectivity index (χ0n) is 15.8. The number of fused-ring (bicyclic) bond motifs is 1. The zero-order valence-corrected chi connectivity index (χ0v) is 15.8. The molecule has 4 rings (SSSR count). The predicted octanol–water partition coefficient (Wildman–Crippen LogP) is 4.45. The Hall–Kier alpha value is -3.40. The van der Waals surface area contributed by atoms with Gasteiger partial charge in [0, 0.05) is 29.9 Å². The first-order valence-electron chi connectivity index (χ1n) is 9.44. The van der Waals surface area contributed by atoms with Gasteiger partial charge in [-0.15, -0.1) is 0 Å². The van der Waals surface area contributed by atoms with E-state index in [1.165, 1.54) is 11.1 Å². The van der Waals surface area contributed by atoms with E-state index in [9.17, 15) is 9.59 Å². The molecule has 3 aromatic rings. The number of benzene rings is 3. The Morgan fingerprint density at radius 2 is 1.57 bits per heavy atom. The van der Waals surface area contributed by atoms with Crippen molar-refractivity contribution in [2.75, 3.05) is 11.9 Å². The standard InChI is InChI=1S/C24H22N2O2/c1-17-9-11-22(12-10-17)25-23(27)19-7-4-8-20(15-19)24(28)26-14-13-18-5-2-3-6-21(18)16-26/h2-12,15H,13-14,16H2,1H3,(H,25,27). The molecule has 1 N–H and O–H groups in total. The molecule has 4 heteroatoms. The van der Waals surface area contributed by atoms with Crippen LogP contribution in [0.1, 0.15) is 37.4 Å². The molecular weight excluding hydrogens is 348 g/mol. The van der Waals surface area contributed by atoms with Gasteiger partial charge in [0.15, 0.2) is 0 Å². The fourth-order valence-corrected chi connectivity index (χ4v) is 3.49. The first-order valence-corrected chi connectivity index (χ1v) is 9.44. The van der Waals surface area contributed by atoms with Gasteiger partial charge in [-0.25, -0.2) is 0 Å². The van der Waals surface area contributed by atoms with Gasteiger partial charge in [-0.1, -0.05) is 48.0 Å². The summed E-state index contributed by atoms with van der Waals surface area (Å²) in [4.78, 5) is 27.4. The highest BCUT2D eigenvalue weighted by molar-refractivity contribution is 6.06. The van der Waals surface area contributed by atoms with E-state index >= 15 is 0 Å². The monoisotopic (exact) mass is 370 g/mol. The molecule has 0 aliphatic carbocycles. The number of hydrogen-bond acceptors (Lipinski definition) is 2. The number of carbonyl (C=O) groups is 2. The van der Waals surface area contributed by atoms with E-state index in [1.807, 2.05) is 48.2 Å². The molecule has 140 valence electrons. The lowest BCUT2D eigenvalue weighted by Gasteiger charge is -2.29. The van der Waals surface area contributed by atoms with Crippen molar-refractivity contribution in [2.24, 2.45) is 0 Å². The SMILES string of the molecule is Cc1ccc(NC(=O)c2cccc(C(=O)N3CCc4ccccc4C3)c2)cc1. The third-order valence-corrected chi connectivity index (χ3v) is 5.10. The molecule has 0 saturated heterocycles. The summed E-state index contributed by atoms with van der Waals surface area (Å²) < 4.78 is 0. The van der Waals surface area contributed by atoms with Crippen molar-refractivity contribution in [2.45, 2.75) is 19.9 Å². The Morgan fingerprint density at radius 1 is 0.857 bits per heavy atom. The number of nitrogens with zero attached hydrogens (tertiary/aromatic N) is 1. The molecule has 0 atom stereocenters. The molecular formula is C24H22N2O2. The van der Waals surface area contributed by atoms with Gasteiger partial charge in [-0.3, -0.25) is 9.59 Å². The number of aryl methyl sites for hydroxylation is 1. The Labute approximate surface area is 164 Å². The second-order valence-corrected chi connectivity index (χ2v) is 7.15. The van der Waals surface area contributed by atoms with E-state index in [2.05, 4.69) is 17.4 Å². The van der Waals surface area contributed by atoms with Crippen LogP contribution in [0.3, 0.4) is 0 Å². The lowest BCUT2D eigenvalue weighted by atomic mass is 9.99. The summed E-state index contributed by atoms with van der Waals surface area (Å²) in [7, 11) is 0. The molecule has 4 nitrogen and oxygen atoms in total. The van der Waals surface area contributed by atoms with Crippen molar-refractivity contribution in [3.8, 4) is 0 Å². The third-order valence-electron chi connectivity index (χ3n) is 5.10. The number of carbonyl (C=O) groups excluding carboxylic acids is 2. The molecule has 1 aliphatic rings. The maximum atomic E-state index is 13.0. The summed E-state index contributed by atoms with van der Waals surface area (Å²) in [5.74, 6) is -0.262. The highest BCUT2D eigenvalue weighted by Gasteiger charge is 2.22. The minimum absolute atomic E-state index is 0.0421. The first kappa shape index (κ1) is 18.0. The molecule has 0 spiro atoms. The quantitative estimate of drug-likeness (QED) is 0.741. The van der Waals surface area contributed by atoms with Crippen LogP contribution in [0, 0.1) is 6.92 Å². The zero-order chi connectivity index (χ0) is 19.5. The minimum Gasteiger partial charge on any atom is -0.334 e. The highest BCUT2D eigenvalue weighted by atomic mass is 16.2. The van der Waals surface area contributed by atoms with Gasteiger partial charge in [0.05, 0.1) is 0 Å². The molecule has 0 fully saturated rings. The largest absolute Gasteiger partial charge is 0.334 e. The van der Waals surface area contributed by atoms with Gasteiger partial charge in [-0.2, -0.15) is 0 Å². The number of hydrogen-bond donors (Lipinski definition) is 1. The van der Waals surface area contributed by atoms with Crippen LogP contribution in [0.5, 0.6) is 0 Å². The van der Waals surface area contributed by atoms with Crippen LogP contribution in [-0.4, -0.2) is 23.3 Å². The summed E-state index contributed by atoms with van der Waals surface area (Å²) in [6, 6.07) is 22.8. The van der Waals surface area contributed by atoms with Crippen LogP contribution in [0.2, 0.25) is 0 Å². The van der Waals surface area contributed by atoms with E-state index in [-0.39, 0.29) is 11.8 Å². The molecule has 0 saturated carbocycles. The average Bonchev–Trinajstić information content (AvgIpc) is 2.74. The summed E-state index contributed by atoms with van der Waals surface area (Å²) in [5.41, 5.74) is 5.38. The maximum absolute atomic E-state index is 13.0. The fraction of sp³-hybridized carbons (Fsp3) is 0.167. The Kier molecular flexibility index (Phi) is 4.94. The van der Waals surface area contributed by atoms with E-state index in [4.69, 9.17) is 0 Å². The van der Waals surface area contributed by atoms with E-state index in [1.54, 1.807) is 24.3 Å². The number of nitrogens with one attached hydrogen (secondary N) is 1. The maximum Gasteiger partial charge on any atom is 0.255 e. The Balaban J connectivity index is 1.49. The smallest absolute Gasteiger partial charge is 0.255 e. The van der Waals surface area contributed by atoms with E-state index in [0.717, 1.165) is 17.7 Å². The van der Waals surface area contributed by atoms with Crippen LogP contribution in [0.25, 0.3) is 0 Å². The second-order valence-electron chi connectivity index (χ2n) is 7.15. The molecule has 0 aromatic heterocycles. The van der Waals surface area contributed by atoms with Crippen molar-refractivity contribution in [3.05, 3.63) is 101 Å². The van der Waals surface area contributed by atoms with E-state index in [0.29, 0.717) is 24.2 Å². The normalized spacial score (nSPS) is 13.0. The van der Waals surface area contributed by atoms with Crippen molar-refractivity contribution in [1.82, 2.24) is 4.90 Å². The molecule has 1 aliphatic heterocycles. The third kappa shape index (κ3) is 3.81. The van der Waals surface area contributed by atoms with Crippen molar-refractivity contribution in [3.63, 3.8) is 0 Å². The number of rotatable bonds is 3. The first-order chi connectivity index (χ1) is 13.6. The van der Waals surface area contributed by atoms with Gasteiger partial charge in [-0.05, 0) is 54.8 Å². The number of anilines is 1. The van der Waals surface area contributed by atoms with Crippen LogP contribution in [0.4, 0.5) is 5.69 Å². The summed E-state index contributed by atoms with van der Waals surface area (Å²) in [6.45, 7) is 3.30. The second kappa shape index (κ2) is 7.69. The molecule has 3 aromatic carbocycles. The van der Waals surface area contributed by atoms with Crippen LogP contribution in [0.15, 0.2) is 72.8 Å². The Morgan fingerprint density at radius 3 is 2.36 bits per heavy atom. The van der Waals surface area contributed by atoms with Crippen LogP contribution < -0.4 is 5.32 Å². The highest BCUT2D eigenvalue weighted by Crippen LogP contribution is 2.21. The Bertz CT molecular complexity index is 1020. The van der Waals surface area contributed by atoms with Crippen molar-refractivity contribution >= 4 is 17.5 Å².